The van der Waals surface area contributed by atoms with Crippen LogP contribution in [0.5, 0.6) is 0 Å². The van der Waals surface area contributed by atoms with Gasteiger partial charge in [-0.05, 0) is 45.2 Å². The van der Waals surface area contributed by atoms with Crippen molar-refractivity contribution >= 4 is 5.91 Å². The molecule has 1 heterocycles. The predicted octanol–water partition coefficient (Wildman–Crippen LogP) is 1.50. The molecule has 0 aromatic rings. The number of carbonyl (C=O) groups excluding carboxylic acids is 1. The highest BCUT2D eigenvalue weighted by Crippen LogP contribution is 2.11. The minimum Gasteiger partial charge on any atom is -0.353 e. The van der Waals surface area contributed by atoms with Gasteiger partial charge in [-0.15, -0.1) is 0 Å². The highest BCUT2D eigenvalue weighted by molar-refractivity contribution is 5.76. The molecule has 18 heavy (non-hydrogen) atoms. The summed E-state index contributed by atoms with van der Waals surface area (Å²) in [6.45, 7) is 6.40. The van der Waals surface area contributed by atoms with E-state index in [1.165, 1.54) is 19.4 Å². The van der Waals surface area contributed by atoms with E-state index < -0.39 is 0 Å². The van der Waals surface area contributed by atoms with Crippen LogP contribution in [-0.4, -0.2) is 43.0 Å². The van der Waals surface area contributed by atoms with Crippen molar-refractivity contribution in [2.75, 3.05) is 26.2 Å². The first-order chi connectivity index (χ1) is 8.76. The maximum absolute atomic E-state index is 11.7. The van der Waals surface area contributed by atoms with E-state index in [4.69, 9.17) is 5.73 Å². The van der Waals surface area contributed by atoms with Crippen molar-refractivity contribution in [2.45, 2.75) is 57.9 Å². The fourth-order valence-corrected chi connectivity index (χ4v) is 2.41. The van der Waals surface area contributed by atoms with Crippen LogP contribution in [0.25, 0.3) is 0 Å². The van der Waals surface area contributed by atoms with Crippen LogP contribution in [0, 0.1) is 0 Å². The van der Waals surface area contributed by atoms with E-state index in [0.29, 0.717) is 19.0 Å². The Morgan fingerprint density at radius 3 is 2.61 bits per heavy atom. The molecule has 0 saturated carbocycles. The quantitative estimate of drug-likeness (QED) is 0.646. The van der Waals surface area contributed by atoms with Crippen LogP contribution in [0.15, 0.2) is 0 Å². The molecule has 4 nitrogen and oxygen atoms in total. The van der Waals surface area contributed by atoms with Gasteiger partial charge in [0.1, 0.15) is 0 Å². The summed E-state index contributed by atoms with van der Waals surface area (Å²) in [5.74, 6) is 0.204. The third kappa shape index (κ3) is 6.36. The third-order valence-electron chi connectivity index (χ3n) is 3.64. The number of carbonyl (C=O) groups is 1. The summed E-state index contributed by atoms with van der Waals surface area (Å²) in [5.41, 5.74) is 5.42. The van der Waals surface area contributed by atoms with Gasteiger partial charge in [-0.2, -0.15) is 0 Å². The monoisotopic (exact) mass is 255 g/mol. The average Bonchev–Trinajstić information content (AvgIpc) is 2.38. The second kappa shape index (κ2) is 9.34. The van der Waals surface area contributed by atoms with E-state index in [2.05, 4.69) is 17.1 Å². The molecule has 0 unspecified atom stereocenters. The highest BCUT2D eigenvalue weighted by Gasteiger charge is 2.19. The second-order valence-corrected chi connectivity index (χ2v) is 5.28. The zero-order chi connectivity index (χ0) is 13.2. The minimum atomic E-state index is 0.204. The Labute approximate surface area is 111 Å². The Morgan fingerprint density at radius 2 is 2.00 bits per heavy atom. The Balaban J connectivity index is 2.09. The van der Waals surface area contributed by atoms with Gasteiger partial charge in [0, 0.05) is 25.6 Å². The van der Waals surface area contributed by atoms with Crippen LogP contribution < -0.4 is 11.1 Å². The molecule has 0 bridgehead atoms. The summed E-state index contributed by atoms with van der Waals surface area (Å²) in [7, 11) is 0. The number of likely N-dealkylation sites (tertiary alicyclic amines) is 1. The lowest BCUT2D eigenvalue weighted by Gasteiger charge is -2.32. The zero-order valence-corrected chi connectivity index (χ0v) is 11.8. The van der Waals surface area contributed by atoms with E-state index in [1.807, 2.05) is 0 Å². The van der Waals surface area contributed by atoms with Crippen LogP contribution in [0.4, 0.5) is 0 Å². The Morgan fingerprint density at radius 1 is 1.28 bits per heavy atom. The van der Waals surface area contributed by atoms with Crippen LogP contribution in [0.1, 0.15) is 51.9 Å². The fourth-order valence-electron chi connectivity index (χ4n) is 2.41. The molecule has 4 heteroatoms. The number of unbranched alkanes of at least 4 members (excludes halogenated alkanes) is 2. The van der Waals surface area contributed by atoms with Gasteiger partial charge in [0.2, 0.25) is 5.91 Å². The molecule has 0 aromatic heterocycles. The molecule has 1 rings (SSSR count). The largest absolute Gasteiger partial charge is 0.353 e. The van der Waals surface area contributed by atoms with Crippen molar-refractivity contribution in [1.29, 1.82) is 0 Å². The maximum atomic E-state index is 11.7. The van der Waals surface area contributed by atoms with Gasteiger partial charge in [0.05, 0.1) is 0 Å². The topological polar surface area (TPSA) is 58.4 Å². The molecule has 0 spiro atoms. The molecule has 0 radical (unpaired) electrons. The van der Waals surface area contributed by atoms with E-state index in [9.17, 15) is 4.79 Å². The lowest BCUT2D eigenvalue weighted by Crippen LogP contribution is -2.44. The van der Waals surface area contributed by atoms with Gasteiger partial charge in [-0.25, -0.2) is 0 Å². The summed E-state index contributed by atoms with van der Waals surface area (Å²) in [4.78, 5) is 14.2. The number of nitrogens with one attached hydrogen (secondary N) is 1. The summed E-state index contributed by atoms with van der Waals surface area (Å²) < 4.78 is 0. The molecule has 1 amide bonds. The summed E-state index contributed by atoms with van der Waals surface area (Å²) >= 11 is 0. The van der Waals surface area contributed by atoms with Crippen molar-refractivity contribution in [2.24, 2.45) is 5.73 Å². The number of hydrogen-bond acceptors (Lipinski definition) is 3. The standard InChI is InChI=1S/C14H29N3O/c1-2-3-10-17-11-7-13(8-12-17)16-14(18)6-4-5-9-15/h13H,2-12,15H2,1H3,(H,16,18). The Hall–Kier alpha value is -0.610. The number of nitrogens with zero attached hydrogens (tertiary/aromatic N) is 1. The van der Waals surface area contributed by atoms with Gasteiger partial charge in [0.15, 0.2) is 0 Å². The van der Waals surface area contributed by atoms with Crippen molar-refractivity contribution in [3.63, 3.8) is 0 Å². The summed E-state index contributed by atoms with van der Waals surface area (Å²) in [5, 5.41) is 3.15. The normalized spacial score (nSPS) is 17.9. The van der Waals surface area contributed by atoms with Gasteiger partial charge in [-0.1, -0.05) is 13.3 Å². The molecule has 0 atom stereocenters. The first-order valence-electron chi connectivity index (χ1n) is 7.48. The van der Waals surface area contributed by atoms with Crippen molar-refractivity contribution in [3.8, 4) is 0 Å². The molecule has 1 fully saturated rings. The molecule has 0 aromatic carbocycles. The van der Waals surface area contributed by atoms with Crippen LogP contribution in [0.2, 0.25) is 0 Å². The van der Waals surface area contributed by atoms with Crippen LogP contribution in [-0.2, 0) is 4.79 Å². The number of nitrogens with two attached hydrogens (primary N) is 1. The lowest BCUT2D eigenvalue weighted by molar-refractivity contribution is -0.122. The maximum Gasteiger partial charge on any atom is 0.220 e. The van der Waals surface area contributed by atoms with E-state index in [1.54, 1.807) is 0 Å². The fraction of sp³-hybridized carbons (Fsp3) is 0.929. The molecular weight excluding hydrogens is 226 g/mol. The van der Waals surface area contributed by atoms with Crippen molar-refractivity contribution in [3.05, 3.63) is 0 Å². The lowest BCUT2D eigenvalue weighted by atomic mass is 10.0. The Kier molecular flexibility index (Phi) is 8.01. The number of rotatable bonds is 8. The number of piperidine rings is 1. The number of hydrogen-bond donors (Lipinski definition) is 2. The zero-order valence-electron chi connectivity index (χ0n) is 11.8. The van der Waals surface area contributed by atoms with Gasteiger partial charge in [-0.3, -0.25) is 4.79 Å². The second-order valence-electron chi connectivity index (χ2n) is 5.28. The smallest absolute Gasteiger partial charge is 0.220 e. The Bertz CT molecular complexity index is 225. The summed E-state index contributed by atoms with van der Waals surface area (Å²) in [6, 6.07) is 0.397. The average molecular weight is 255 g/mol. The van der Waals surface area contributed by atoms with E-state index >= 15 is 0 Å². The van der Waals surface area contributed by atoms with Gasteiger partial charge in [0.25, 0.3) is 0 Å². The molecular formula is C14H29N3O. The first-order valence-corrected chi connectivity index (χ1v) is 7.48. The number of amides is 1. The van der Waals surface area contributed by atoms with Crippen molar-refractivity contribution < 1.29 is 4.79 Å². The predicted molar refractivity (Wildman–Crippen MR) is 75.4 cm³/mol. The minimum absolute atomic E-state index is 0.204. The van der Waals surface area contributed by atoms with Crippen molar-refractivity contribution in [1.82, 2.24) is 10.2 Å². The molecule has 1 aliphatic heterocycles. The van der Waals surface area contributed by atoms with Crippen LogP contribution in [0.3, 0.4) is 0 Å². The van der Waals surface area contributed by atoms with Gasteiger partial charge >= 0.3 is 0 Å². The highest BCUT2D eigenvalue weighted by atomic mass is 16.1. The SMILES string of the molecule is CCCCN1CCC(NC(=O)CCCCN)CC1. The van der Waals surface area contributed by atoms with E-state index in [-0.39, 0.29) is 5.91 Å². The first kappa shape index (κ1) is 15.4. The summed E-state index contributed by atoms with van der Waals surface area (Å²) in [6.07, 6.45) is 7.25. The molecule has 3 N–H and O–H groups in total. The molecule has 0 aliphatic carbocycles. The third-order valence-corrected chi connectivity index (χ3v) is 3.64. The molecule has 106 valence electrons. The molecule has 1 aliphatic rings. The molecule has 1 saturated heterocycles. The van der Waals surface area contributed by atoms with Crippen LogP contribution >= 0.6 is 0 Å². The van der Waals surface area contributed by atoms with E-state index in [0.717, 1.165) is 38.8 Å². The van der Waals surface area contributed by atoms with Gasteiger partial charge < -0.3 is 16.0 Å².